The van der Waals surface area contributed by atoms with E-state index in [2.05, 4.69) is 10.6 Å². The molecule has 2 amide bonds. The van der Waals surface area contributed by atoms with E-state index in [-0.39, 0.29) is 40.0 Å². The zero-order valence-electron chi connectivity index (χ0n) is 20.1. The first-order valence-corrected chi connectivity index (χ1v) is 11.3. The smallest absolute Gasteiger partial charge is 0.315 e. The molecule has 0 radical (unpaired) electrons. The Morgan fingerprint density at radius 2 is 1.62 bits per heavy atom. The van der Waals surface area contributed by atoms with E-state index < -0.39 is 23.7 Å². The molecule has 0 bridgehead atoms. The monoisotopic (exact) mass is 490 g/mol. The molecule has 2 aromatic carbocycles. The minimum Gasteiger partial charge on any atom is -0.507 e. The first-order valence-electron chi connectivity index (χ1n) is 11.0. The molecule has 0 spiro atoms. The van der Waals surface area contributed by atoms with Crippen LogP contribution in [0.2, 0.25) is 5.02 Å². The standard InChI is InChI=1S/C25H31ClN2O6/c1-12(2)21(13(3)4)28-24(31)18-11-17(7-8-20(18)29)34-22-14(5)9-16(10-19(22)26)27-23(30)15(6)25(32)33/h7-13,15,21,29H,1-6H3,(H,27,30)(H,28,31)(H,32,33). The van der Waals surface area contributed by atoms with Gasteiger partial charge in [0.2, 0.25) is 5.91 Å². The number of carboxylic acids is 1. The predicted octanol–water partition coefficient (Wildman–Crippen LogP) is 5.22. The second kappa shape index (κ2) is 11.2. The number of carbonyl (C=O) groups is 3. The van der Waals surface area contributed by atoms with E-state index in [4.69, 9.17) is 21.4 Å². The van der Waals surface area contributed by atoms with E-state index in [1.807, 2.05) is 27.7 Å². The van der Waals surface area contributed by atoms with Gasteiger partial charge in [0, 0.05) is 11.7 Å². The number of rotatable bonds is 9. The van der Waals surface area contributed by atoms with Crippen LogP contribution in [0.15, 0.2) is 30.3 Å². The van der Waals surface area contributed by atoms with E-state index in [1.165, 1.54) is 31.2 Å². The van der Waals surface area contributed by atoms with Crippen LogP contribution >= 0.6 is 11.6 Å². The summed E-state index contributed by atoms with van der Waals surface area (Å²) in [5.41, 5.74) is 0.973. The first-order chi connectivity index (χ1) is 15.8. The predicted molar refractivity (Wildman–Crippen MR) is 131 cm³/mol. The molecule has 2 rings (SSSR count). The van der Waals surface area contributed by atoms with Crippen LogP contribution < -0.4 is 15.4 Å². The highest BCUT2D eigenvalue weighted by atomic mass is 35.5. The fourth-order valence-electron chi connectivity index (χ4n) is 3.51. The maximum Gasteiger partial charge on any atom is 0.315 e. The van der Waals surface area contributed by atoms with E-state index in [1.54, 1.807) is 13.0 Å². The molecule has 8 nitrogen and oxygen atoms in total. The van der Waals surface area contributed by atoms with E-state index in [0.29, 0.717) is 17.0 Å². The van der Waals surface area contributed by atoms with Gasteiger partial charge in [-0.1, -0.05) is 39.3 Å². The fraction of sp³-hybridized carbons (Fsp3) is 0.400. The summed E-state index contributed by atoms with van der Waals surface area (Å²) < 4.78 is 5.90. The van der Waals surface area contributed by atoms with Crippen molar-refractivity contribution in [3.8, 4) is 17.2 Å². The molecule has 0 aliphatic carbocycles. The molecule has 0 heterocycles. The number of ether oxygens (including phenoxy) is 1. The second-order valence-corrected chi connectivity index (χ2v) is 9.33. The molecule has 184 valence electrons. The molecule has 2 aromatic rings. The quantitative estimate of drug-likeness (QED) is 0.357. The average Bonchev–Trinajstić information content (AvgIpc) is 2.74. The number of aryl methyl sites for hydroxylation is 1. The van der Waals surface area contributed by atoms with Crippen molar-refractivity contribution in [2.45, 2.75) is 47.6 Å². The number of hydrogen-bond acceptors (Lipinski definition) is 5. The van der Waals surface area contributed by atoms with Crippen LogP contribution in [-0.2, 0) is 9.59 Å². The Morgan fingerprint density at radius 3 is 2.15 bits per heavy atom. The highest BCUT2D eigenvalue weighted by Crippen LogP contribution is 2.36. The summed E-state index contributed by atoms with van der Waals surface area (Å²) in [6, 6.07) is 7.28. The molecule has 0 fully saturated rings. The van der Waals surface area contributed by atoms with Crippen molar-refractivity contribution in [1.29, 1.82) is 0 Å². The number of phenols is 1. The van der Waals surface area contributed by atoms with Crippen molar-refractivity contribution in [1.82, 2.24) is 5.32 Å². The summed E-state index contributed by atoms with van der Waals surface area (Å²) in [5.74, 6) is -2.71. The largest absolute Gasteiger partial charge is 0.507 e. The molecule has 4 N–H and O–H groups in total. The molecule has 9 heteroatoms. The Morgan fingerprint density at radius 1 is 1.00 bits per heavy atom. The molecular formula is C25H31ClN2O6. The molecular weight excluding hydrogens is 460 g/mol. The van der Waals surface area contributed by atoms with Gasteiger partial charge in [0.05, 0.1) is 10.6 Å². The van der Waals surface area contributed by atoms with E-state index >= 15 is 0 Å². The van der Waals surface area contributed by atoms with Crippen LogP contribution in [0.25, 0.3) is 0 Å². The van der Waals surface area contributed by atoms with Gasteiger partial charge in [-0.15, -0.1) is 0 Å². The van der Waals surface area contributed by atoms with Gasteiger partial charge in [-0.05, 0) is 61.6 Å². The van der Waals surface area contributed by atoms with Gasteiger partial charge in [-0.25, -0.2) is 0 Å². The Labute approximate surface area is 204 Å². The van der Waals surface area contributed by atoms with Crippen molar-refractivity contribution in [2.75, 3.05) is 5.32 Å². The number of benzene rings is 2. The zero-order valence-corrected chi connectivity index (χ0v) is 20.9. The highest BCUT2D eigenvalue weighted by Gasteiger charge is 2.23. The molecule has 34 heavy (non-hydrogen) atoms. The normalized spacial score (nSPS) is 12.1. The summed E-state index contributed by atoms with van der Waals surface area (Å²) in [6.45, 7) is 11.1. The van der Waals surface area contributed by atoms with Gasteiger partial charge in [0.1, 0.15) is 23.2 Å². The molecule has 1 atom stereocenters. The Kier molecular flexibility index (Phi) is 8.93. The maximum absolute atomic E-state index is 12.8. The van der Waals surface area contributed by atoms with Crippen molar-refractivity contribution < 1.29 is 29.3 Å². The van der Waals surface area contributed by atoms with Gasteiger partial charge in [-0.3, -0.25) is 14.4 Å². The minimum atomic E-state index is -1.24. The number of carboxylic acid groups (broad SMARTS) is 1. The average molecular weight is 491 g/mol. The van der Waals surface area contributed by atoms with Gasteiger partial charge in [0.25, 0.3) is 5.91 Å². The second-order valence-electron chi connectivity index (χ2n) is 8.92. The summed E-state index contributed by atoms with van der Waals surface area (Å²) in [5, 5.41) is 24.9. The molecule has 1 unspecified atom stereocenters. The van der Waals surface area contributed by atoms with Crippen LogP contribution in [0.4, 0.5) is 5.69 Å². The van der Waals surface area contributed by atoms with Gasteiger partial charge in [-0.2, -0.15) is 0 Å². The van der Waals surface area contributed by atoms with Crippen molar-refractivity contribution in [3.63, 3.8) is 0 Å². The summed E-state index contributed by atoms with van der Waals surface area (Å²) in [4.78, 5) is 35.9. The Balaban J connectivity index is 2.26. The summed E-state index contributed by atoms with van der Waals surface area (Å²) in [6.07, 6.45) is 0. The first kappa shape index (κ1) is 27.0. The van der Waals surface area contributed by atoms with Crippen molar-refractivity contribution in [3.05, 3.63) is 46.5 Å². The zero-order chi connectivity index (χ0) is 25.7. The molecule has 0 aromatic heterocycles. The van der Waals surface area contributed by atoms with Crippen LogP contribution in [0, 0.1) is 24.7 Å². The number of anilines is 1. The summed E-state index contributed by atoms with van der Waals surface area (Å²) >= 11 is 6.36. The fourth-order valence-corrected chi connectivity index (χ4v) is 3.81. The number of aliphatic carboxylic acids is 1. The van der Waals surface area contributed by atoms with Gasteiger partial charge in [0.15, 0.2) is 0 Å². The van der Waals surface area contributed by atoms with Crippen molar-refractivity contribution >= 4 is 35.1 Å². The number of phenolic OH excluding ortho intramolecular Hbond substituents is 1. The molecule has 0 saturated carbocycles. The third-order valence-electron chi connectivity index (χ3n) is 5.43. The Hall–Kier alpha value is -3.26. The number of halogens is 1. The lowest BCUT2D eigenvalue weighted by molar-refractivity contribution is -0.144. The van der Waals surface area contributed by atoms with Crippen molar-refractivity contribution in [2.24, 2.45) is 17.8 Å². The lowest BCUT2D eigenvalue weighted by Gasteiger charge is -2.26. The SMILES string of the molecule is Cc1cc(NC(=O)C(C)C(=O)O)cc(Cl)c1Oc1ccc(O)c(C(=O)NC(C(C)C)C(C)C)c1. The lowest BCUT2D eigenvalue weighted by Crippen LogP contribution is -2.42. The third-order valence-corrected chi connectivity index (χ3v) is 5.71. The maximum atomic E-state index is 12.8. The number of nitrogens with one attached hydrogen (secondary N) is 2. The number of hydrogen-bond donors (Lipinski definition) is 4. The molecule has 0 saturated heterocycles. The molecule has 0 aliphatic heterocycles. The number of carbonyl (C=O) groups excluding carboxylic acids is 2. The van der Waals surface area contributed by atoms with Crippen LogP contribution in [0.3, 0.4) is 0 Å². The topological polar surface area (TPSA) is 125 Å². The van der Waals surface area contributed by atoms with Gasteiger partial charge < -0.3 is 25.6 Å². The van der Waals surface area contributed by atoms with Crippen LogP contribution in [0.1, 0.15) is 50.5 Å². The van der Waals surface area contributed by atoms with E-state index in [9.17, 15) is 19.5 Å². The minimum absolute atomic E-state index is 0.0697. The highest BCUT2D eigenvalue weighted by molar-refractivity contribution is 6.32. The van der Waals surface area contributed by atoms with Crippen LogP contribution in [0.5, 0.6) is 17.2 Å². The number of amides is 2. The van der Waals surface area contributed by atoms with Crippen LogP contribution in [-0.4, -0.2) is 34.0 Å². The molecule has 0 aliphatic rings. The van der Waals surface area contributed by atoms with E-state index in [0.717, 1.165) is 0 Å². The summed E-state index contributed by atoms with van der Waals surface area (Å²) in [7, 11) is 0. The Bertz CT molecular complexity index is 1050. The number of aromatic hydroxyl groups is 1. The third kappa shape index (κ3) is 6.63. The van der Waals surface area contributed by atoms with Gasteiger partial charge >= 0.3 is 5.97 Å². The lowest BCUT2D eigenvalue weighted by atomic mass is 9.93.